The third-order valence-electron chi connectivity index (χ3n) is 3.12. The highest BCUT2D eigenvalue weighted by atomic mass is 35.5. The lowest BCUT2D eigenvalue weighted by Crippen LogP contribution is -2.39. The van der Waals surface area contributed by atoms with Crippen molar-refractivity contribution >= 4 is 29.7 Å². The van der Waals surface area contributed by atoms with Crippen LogP contribution >= 0.6 is 12.4 Å². The molecule has 16 heavy (non-hydrogen) atoms. The quantitative estimate of drug-likeness (QED) is 0.690. The summed E-state index contributed by atoms with van der Waals surface area (Å²) in [6, 6.07) is 6.60. The van der Waals surface area contributed by atoms with Gasteiger partial charge < -0.3 is 9.80 Å². The molecule has 0 spiro atoms. The zero-order valence-electron chi connectivity index (χ0n) is 9.60. The number of aliphatic imine (C=N–C) groups is 1. The average Bonchev–Trinajstić information content (AvgIpc) is 2.54. The number of aryl methyl sites for hydroxylation is 1. The van der Waals surface area contributed by atoms with Crippen molar-refractivity contribution in [3.8, 4) is 0 Å². The molecule has 0 saturated carbocycles. The first-order chi connectivity index (χ1) is 7.27. The van der Waals surface area contributed by atoms with Crippen LogP contribution in [0.4, 0.5) is 11.4 Å². The van der Waals surface area contributed by atoms with Gasteiger partial charge in [0, 0.05) is 20.1 Å². The zero-order valence-corrected chi connectivity index (χ0v) is 10.4. The van der Waals surface area contributed by atoms with Crippen molar-refractivity contribution in [2.45, 2.75) is 13.3 Å². The fourth-order valence-electron chi connectivity index (χ4n) is 2.35. The maximum absolute atomic E-state index is 4.59. The summed E-state index contributed by atoms with van der Waals surface area (Å²) < 4.78 is 0. The molecule has 4 heteroatoms. The van der Waals surface area contributed by atoms with Crippen molar-refractivity contribution in [1.82, 2.24) is 0 Å². The van der Waals surface area contributed by atoms with Gasteiger partial charge in [-0.1, -0.05) is 6.07 Å². The van der Waals surface area contributed by atoms with Gasteiger partial charge in [-0.3, -0.25) is 4.99 Å². The van der Waals surface area contributed by atoms with E-state index in [2.05, 4.69) is 47.0 Å². The molecule has 3 rings (SSSR count). The van der Waals surface area contributed by atoms with Crippen LogP contribution in [0.1, 0.15) is 12.0 Å². The lowest BCUT2D eigenvalue weighted by molar-refractivity contribution is 0.790. The second kappa shape index (κ2) is 3.98. The summed E-state index contributed by atoms with van der Waals surface area (Å²) in [7, 11) is 2.10. The maximum Gasteiger partial charge on any atom is 0.205 e. The van der Waals surface area contributed by atoms with E-state index in [-0.39, 0.29) is 12.4 Å². The third-order valence-corrected chi connectivity index (χ3v) is 3.12. The molecule has 2 aliphatic rings. The monoisotopic (exact) mass is 237 g/mol. The highest BCUT2D eigenvalue weighted by Gasteiger charge is 2.31. The number of benzene rings is 1. The van der Waals surface area contributed by atoms with Gasteiger partial charge in [-0.15, -0.1) is 12.4 Å². The topological polar surface area (TPSA) is 18.8 Å². The van der Waals surface area contributed by atoms with E-state index in [4.69, 9.17) is 0 Å². The standard InChI is InChI=1S/C12H15N3.ClH/c1-9-4-5-10-11(8-9)15-7-3-6-13-12(15)14(10)2;/h4-5,8H,3,6-7H2,1-2H3;1H. The van der Waals surface area contributed by atoms with Gasteiger partial charge in [0.05, 0.1) is 11.4 Å². The summed E-state index contributed by atoms with van der Waals surface area (Å²) >= 11 is 0. The summed E-state index contributed by atoms with van der Waals surface area (Å²) in [6.45, 7) is 4.20. The number of hydrogen-bond donors (Lipinski definition) is 0. The van der Waals surface area contributed by atoms with Crippen molar-refractivity contribution in [3.05, 3.63) is 23.8 Å². The van der Waals surface area contributed by atoms with Crippen molar-refractivity contribution in [2.75, 3.05) is 29.9 Å². The first-order valence-corrected chi connectivity index (χ1v) is 5.44. The molecule has 1 aromatic carbocycles. The Labute approximate surface area is 102 Å². The van der Waals surface area contributed by atoms with E-state index in [1.807, 2.05) is 0 Å². The van der Waals surface area contributed by atoms with E-state index < -0.39 is 0 Å². The molecule has 86 valence electrons. The van der Waals surface area contributed by atoms with Gasteiger partial charge >= 0.3 is 0 Å². The third kappa shape index (κ3) is 1.47. The molecule has 0 amide bonds. The van der Waals surface area contributed by atoms with Gasteiger partial charge in [0.2, 0.25) is 5.96 Å². The van der Waals surface area contributed by atoms with Crippen molar-refractivity contribution in [2.24, 2.45) is 4.99 Å². The minimum Gasteiger partial charge on any atom is -0.313 e. The highest BCUT2D eigenvalue weighted by Crippen LogP contribution is 2.37. The molecule has 0 N–H and O–H groups in total. The molecule has 0 fully saturated rings. The molecule has 0 aromatic heterocycles. The summed E-state index contributed by atoms with van der Waals surface area (Å²) in [5.74, 6) is 1.11. The molecule has 0 saturated heterocycles. The maximum atomic E-state index is 4.59. The van der Waals surface area contributed by atoms with Gasteiger partial charge in [-0.05, 0) is 31.0 Å². The molecule has 0 bridgehead atoms. The molecule has 2 aliphatic heterocycles. The molecule has 2 heterocycles. The van der Waals surface area contributed by atoms with Gasteiger partial charge in [0.25, 0.3) is 0 Å². The molecule has 1 aromatic rings. The smallest absolute Gasteiger partial charge is 0.205 e. The SMILES string of the molecule is Cc1ccc2c(c1)N1CCCN=C1N2C.Cl. The number of hydrogen-bond acceptors (Lipinski definition) is 3. The fourth-order valence-corrected chi connectivity index (χ4v) is 2.35. The van der Waals surface area contributed by atoms with Crippen molar-refractivity contribution < 1.29 is 0 Å². The van der Waals surface area contributed by atoms with E-state index in [9.17, 15) is 0 Å². The van der Waals surface area contributed by atoms with Crippen LogP contribution in [0.5, 0.6) is 0 Å². The molecule has 0 atom stereocenters. The molecule has 0 aliphatic carbocycles. The Balaban J connectivity index is 0.000000963. The van der Waals surface area contributed by atoms with Crippen molar-refractivity contribution in [3.63, 3.8) is 0 Å². The average molecular weight is 238 g/mol. The Morgan fingerprint density at radius 2 is 2.06 bits per heavy atom. The highest BCUT2D eigenvalue weighted by molar-refractivity contribution is 6.16. The lowest BCUT2D eigenvalue weighted by Gasteiger charge is -2.24. The van der Waals surface area contributed by atoms with Crippen molar-refractivity contribution in [1.29, 1.82) is 0 Å². The normalized spacial score (nSPS) is 17.5. The number of nitrogens with zero attached hydrogens (tertiary/aromatic N) is 3. The number of anilines is 2. The Bertz CT molecular complexity index is 442. The van der Waals surface area contributed by atoms with E-state index >= 15 is 0 Å². The Kier molecular flexibility index (Phi) is 2.80. The molecular formula is C12H16ClN3. The number of halogens is 1. The van der Waals surface area contributed by atoms with E-state index in [1.54, 1.807) is 0 Å². The summed E-state index contributed by atoms with van der Waals surface area (Å²) in [5.41, 5.74) is 3.91. The van der Waals surface area contributed by atoms with Gasteiger partial charge in [-0.25, -0.2) is 0 Å². The van der Waals surface area contributed by atoms with Gasteiger partial charge in [0.15, 0.2) is 0 Å². The van der Waals surface area contributed by atoms with Crippen LogP contribution in [0, 0.1) is 6.92 Å². The number of guanidine groups is 1. The summed E-state index contributed by atoms with van der Waals surface area (Å²) in [4.78, 5) is 9.10. The molecular weight excluding hydrogens is 222 g/mol. The van der Waals surface area contributed by atoms with Crippen LogP contribution < -0.4 is 9.80 Å². The van der Waals surface area contributed by atoms with E-state index in [0.717, 1.165) is 25.5 Å². The second-order valence-electron chi connectivity index (χ2n) is 4.24. The predicted molar refractivity (Wildman–Crippen MR) is 71.1 cm³/mol. The first-order valence-electron chi connectivity index (χ1n) is 5.44. The summed E-state index contributed by atoms with van der Waals surface area (Å²) in [6.07, 6.45) is 1.16. The predicted octanol–water partition coefficient (Wildman–Crippen LogP) is 2.43. The second-order valence-corrected chi connectivity index (χ2v) is 4.24. The molecule has 0 unspecified atom stereocenters. The number of fused-ring (bicyclic) bond motifs is 3. The summed E-state index contributed by atoms with van der Waals surface area (Å²) in [5, 5.41) is 0. The Morgan fingerprint density at radius 1 is 1.25 bits per heavy atom. The van der Waals surface area contributed by atoms with Crippen LogP contribution in [0.2, 0.25) is 0 Å². The van der Waals surface area contributed by atoms with Crippen LogP contribution in [0.3, 0.4) is 0 Å². The van der Waals surface area contributed by atoms with Gasteiger partial charge in [0.1, 0.15) is 0 Å². The largest absolute Gasteiger partial charge is 0.313 e. The lowest BCUT2D eigenvalue weighted by atomic mass is 10.2. The zero-order chi connectivity index (χ0) is 10.4. The number of rotatable bonds is 0. The molecule has 0 radical (unpaired) electrons. The minimum atomic E-state index is 0. The Morgan fingerprint density at radius 3 is 2.88 bits per heavy atom. The van der Waals surface area contributed by atoms with Crippen LogP contribution in [-0.4, -0.2) is 26.1 Å². The van der Waals surface area contributed by atoms with Gasteiger partial charge in [-0.2, -0.15) is 0 Å². The van der Waals surface area contributed by atoms with Crippen LogP contribution in [0.25, 0.3) is 0 Å². The van der Waals surface area contributed by atoms with E-state index in [0.29, 0.717) is 0 Å². The minimum absolute atomic E-state index is 0. The molecule has 3 nitrogen and oxygen atoms in total. The Hall–Kier alpha value is -1.22. The first kappa shape index (κ1) is 11.3. The van der Waals surface area contributed by atoms with E-state index in [1.165, 1.54) is 16.9 Å². The van der Waals surface area contributed by atoms with Crippen LogP contribution in [-0.2, 0) is 0 Å². The van der Waals surface area contributed by atoms with Crippen LogP contribution in [0.15, 0.2) is 23.2 Å². The fraction of sp³-hybridized carbons (Fsp3) is 0.417.